The van der Waals surface area contributed by atoms with Crippen molar-refractivity contribution in [1.29, 1.82) is 0 Å². The fourth-order valence-electron chi connectivity index (χ4n) is 3.31. The predicted octanol–water partition coefficient (Wildman–Crippen LogP) is 5.45. The predicted molar refractivity (Wildman–Crippen MR) is 114 cm³/mol. The third-order valence-corrected chi connectivity index (χ3v) is 5.58. The molecule has 3 heterocycles. The number of aromatic nitrogens is 3. The number of anilines is 1. The molecule has 0 amide bonds. The largest absolute Gasteiger partial charge is 0.364 e. The summed E-state index contributed by atoms with van der Waals surface area (Å²) in [4.78, 5) is 13.1. The van der Waals surface area contributed by atoms with E-state index in [2.05, 4.69) is 75.9 Å². The first kappa shape index (κ1) is 17.4. The summed E-state index contributed by atoms with van der Waals surface area (Å²) in [6.45, 7) is 8.23. The molecule has 0 aliphatic heterocycles. The number of thiophene rings is 1. The highest BCUT2D eigenvalue weighted by Gasteiger charge is 2.13. The average molecular weight is 376 g/mol. The molecule has 0 saturated heterocycles. The summed E-state index contributed by atoms with van der Waals surface area (Å²) in [5.74, 6) is 0.724. The van der Waals surface area contributed by atoms with Crippen LogP contribution in [0.25, 0.3) is 21.3 Å². The standard InChI is InChI=1S/C21H21N5S/c1-12-5-7-16(8-6-12)17-10-27-21-19(17)20(23-11-24-21)26-25-15(4)18-13(2)9-22-14(18)3/h5-11,22H,1-4H3,(H,23,24,26)/b25-15+. The second-order valence-corrected chi connectivity index (χ2v) is 7.56. The molecular weight excluding hydrogens is 354 g/mol. The van der Waals surface area contributed by atoms with Crippen LogP contribution in [0.1, 0.15) is 29.3 Å². The molecule has 0 spiro atoms. The molecule has 0 aliphatic rings. The van der Waals surface area contributed by atoms with Crippen LogP contribution in [0, 0.1) is 20.8 Å². The highest BCUT2D eigenvalue weighted by atomic mass is 32.1. The fraction of sp³-hybridized carbons (Fsp3) is 0.190. The smallest absolute Gasteiger partial charge is 0.159 e. The topological polar surface area (TPSA) is 66.0 Å². The van der Waals surface area contributed by atoms with Crippen LogP contribution >= 0.6 is 11.3 Å². The van der Waals surface area contributed by atoms with Crippen molar-refractivity contribution in [3.05, 3.63) is 64.6 Å². The van der Waals surface area contributed by atoms with Crippen molar-refractivity contribution in [3.63, 3.8) is 0 Å². The van der Waals surface area contributed by atoms with Crippen LogP contribution in [0.3, 0.4) is 0 Å². The van der Waals surface area contributed by atoms with E-state index in [0.29, 0.717) is 0 Å². The van der Waals surface area contributed by atoms with Crippen molar-refractivity contribution in [2.75, 3.05) is 5.43 Å². The number of rotatable bonds is 4. The van der Waals surface area contributed by atoms with Gasteiger partial charge in [-0.2, -0.15) is 5.10 Å². The molecule has 2 N–H and O–H groups in total. The van der Waals surface area contributed by atoms with Gasteiger partial charge in [0.15, 0.2) is 5.82 Å². The fourth-order valence-corrected chi connectivity index (χ4v) is 4.23. The Labute approximate surface area is 162 Å². The van der Waals surface area contributed by atoms with E-state index in [1.54, 1.807) is 17.7 Å². The van der Waals surface area contributed by atoms with Crippen LogP contribution < -0.4 is 5.43 Å². The molecule has 136 valence electrons. The van der Waals surface area contributed by atoms with Gasteiger partial charge < -0.3 is 4.98 Å². The lowest BCUT2D eigenvalue weighted by molar-refractivity contribution is 1.18. The minimum absolute atomic E-state index is 0.724. The number of hydrogen-bond acceptors (Lipinski definition) is 5. The molecule has 0 atom stereocenters. The molecule has 27 heavy (non-hydrogen) atoms. The minimum Gasteiger partial charge on any atom is -0.364 e. The van der Waals surface area contributed by atoms with Crippen LogP contribution in [0.4, 0.5) is 5.82 Å². The van der Waals surface area contributed by atoms with Gasteiger partial charge in [0.25, 0.3) is 0 Å². The van der Waals surface area contributed by atoms with Crippen molar-refractivity contribution in [1.82, 2.24) is 15.0 Å². The Morgan fingerprint density at radius 3 is 2.59 bits per heavy atom. The third kappa shape index (κ3) is 3.24. The molecular formula is C21H21N5S. The molecule has 0 unspecified atom stereocenters. The number of aromatic amines is 1. The summed E-state index contributed by atoms with van der Waals surface area (Å²) in [7, 11) is 0. The van der Waals surface area contributed by atoms with Crippen molar-refractivity contribution >= 4 is 33.1 Å². The monoisotopic (exact) mass is 375 g/mol. The van der Waals surface area contributed by atoms with Crippen LogP contribution in [0.15, 0.2) is 47.3 Å². The van der Waals surface area contributed by atoms with Gasteiger partial charge in [-0.25, -0.2) is 9.97 Å². The lowest BCUT2D eigenvalue weighted by Crippen LogP contribution is -2.03. The molecule has 0 fully saturated rings. The van der Waals surface area contributed by atoms with Gasteiger partial charge in [-0.3, -0.25) is 5.43 Å². The highest BCUT2D eigenvalue weighted by Crippen LogP contribution is 2.36. The average Bonchev–Trinajstić information content (AvgIpc) is 3.24. The summed E-state index contributed by atoms with van der Waals surface area (Å²) in [6, 6.07) is 8.51. The van der Waals surface area contributed by atoms with E-state index < -0.39 is 0 Å². The number of aryl methyl sites for hydroxylation is 3. The highest BCUT2D eigenvalue weighted by molar-refractivity contribution is 7.17. The second-order valence-electron chi connectivity index (χ2n) is 6.70. The SMILES string of the molecule is C/C(=N\Nc1ncnc2scc(-c3ccc(C)cc3)c12)c1c(C)c[nH]c1C. The Kier molecular flexibility index (Phi) is 4.49. The van der Waals surface area contributed by atoms with E-state index in [9.17, 15) is 0 Å². The molecule has 0 saturated carbocycles. The Morgan fingerprint density at radius 2 is 1.89 bits per heavy atom. The first-order valence-corrected chi connectivity index (χ1v) is 9.67. The second kappa shape index (κ2) is 6.96. The first-order chi connectivity index (χ1) is 13.0. The molecule has 4 aromatic rings. The quantitative estimate of drug-likeness (QED) is 0.368. The maximum atomic E-state index is 4.60. The van der Waals surface area contributed by atoms with E-state index in [1.807, 2.05) is 13.1 Å². The van der Waals surface area contributed by atoms with E-state index >= 15 is 0 Å². The molecule has 5 nitrogen and oxygen atoms in total. The Morgan fingerprint density at radius 1 is 1.11 bits per heavy atom. The van der Waals surface area contributed by atoms with Gasteiger partial charge in [0.1, 0.15) is 11.2 Å². The lowest BCUT2D eigenvalue weighted by atomic mass is 10.0. The summed E-state index contributed by atoms with van der Waals surface area (Å²) in [5, 5.41) is 7.73. The van der Waals surface area contributed by atoms with Crippen LogP contribution in [-0.2, 0) is 0 Å². The van der Waals surface area contributed by atoms with Gasteiger partial charge in [0.2, 0.25) is 0 Å². The first-order valence-electron chi connectivity index (χ1n) is 8.79. The molecule has 0 aliphatic carbocycles. The summed E-state index contributed by atoms with van der Waals surface area (Å²) >= 11 is 1.62. The minimum atomic E-state index is 0.724. The Hall–Kier alpha value is -2.99. The Bertz CT molecular complexity index is 1120. The van der Waals surface area contributed by atoms with Gasteiger partial charge in [-0.05, 0) is 38.8 Å². The van der Waals surface area contributed by atoms with E-state index in [4.69, 9.17) is 0 Å². The van der Waals surface area contributed by atoms with Gasteiger partial charge in [-0.1, -0.05) is 29.8 Å². The van der Waals surface area contributed by atoms with Crippen LogP contribution in [0.5, 0.6) is 0 Å². The van der Waals surface area contributed by atoms with Gasteiger partial charge in [0.05, 0.1) is 11.1 Å². The zero-order chi connectivity index (χ0) is 19.0. The molecule has 6 heteroatoms. The van der Waals surface area contributed by atoms with Gasteiger partial charge in [0, 0.05) is 28.4 Å². The number of H-pyrrole nitrogens is 1. The van der Waals surface area contributed by atoms with Crippen molar-refractivity contribution < 1.29 is 0 Å². The maximum Gasteiger partial charge on any atom is 0.159 e. The number of nitrogens with zero attached hydrogens (tertiary/aromatic N) is 3. The van der Waals surface area contributed by atoms with Crippen molar-refractivity contribution in [3.8, 4) is 11.1 Å². The lowest BCUT2D eigenvalue weighted by Gasteiger charge is -2.07. The van der Waals surface area contributed by atoms with Crippen molar-refractivity contribution in [2.45, 2.75) is 27.7 Å². The summed E-state index contributed by atoms with van der Waals surface area (Å²) in [6.07, 6.45) is 3.58. The molecule has 0 radical (unpaired) electrons. The van der Waals surface area contributed by atoms with Gasteiger partial charge >= 0.3 is 0 Å². The molecule has 1 aromatic carbocycles. The number of nitrogens with one attached hydrogen (secondary N) is 2. The number of hydrazone groups is 1. The molecule has 3 aromatic heterocycles. The van der Waals surface area contributed by atoms with E-state index in [1.165, 1.54) is 11.1 Å². The zero-order valence-corrected chi connectivity index (χ0v) is 16.6. The van der Waals surface area contributed by atoms with E-state index in [0.717, 1.165) is 44.1 Å². The normalized spacial score (nSPS) is 11.9. The maximum absolute atomic E-state index is 4.60. The Balaban J connectivity index is 1.75. The van der Waals surface area contributed by atoms with E-state index in [-0.39, 0.29) is 0 Å². The summed E-state index contributed by atoms with van der Waals surface area (Å²) in [5.41, 5.74) is 11.0. The number of fused-ring (bicyclic) bond motifs is 1. The van der Waals surface area contributed by atoms with Crippen molar-refractivity contribution in [2.24, 2.45) is 5.10 Å². The van der Waals surface area contributed by atoms with Crippen LogP contribution in [-0.4, -0.2) is 20.7 Å². The van der Waals surface area contributed by atoms with Crippen LogP contribution in [0.2, 0.25) is 0 Å². The third-order valence-electron chi connectivity index (χ3n) is 4.70. The molecule has 0 bridgehead atoms. The zero-order valence-electron chi connectivity index (χ0n) is 15.8. The molecule has 4 rings (SSSR count). The van der Waals surface area contributed by atoms with Gasteiger partial charge in [-0.15, -0.1) is 11.3 Å². The number of hydrogen-bond donors (Lipinski definition) is 2. The summed E-state index contributed by atoms with van der Waals surface area (Å²) < 4.78 is 0. The number of benzene rings is 1.